The number of thioether (sulfide) groups is 1. The van der Waals surface area contributed by atoms with Crippen LogP contribution in [0.2, 0.25) is 0 Å². The van der Waals surface area contributed by atoms with E-state index in [4.69, 9.17) is 0 Å². The molecule has 2 nitrogen and oxygen atoms in total. The summed E-state index contributed by atoms with van der Waals surface area (Å²) in [5.41, 5.74) is -0.348. The van der Waals surface area contributed by atoms with Crippen LogP contribution in [0.4, 0.5) is 18.9 Å². The van der Waals surface area contributed by atoms with E-state index in [1.807, 2.05) is 6.92 Å². The fourth-order valence-corrected chi connectivity index (χ4v) is 2.67. The molecule has 0 spiro atoms. The van der Waals surface area contributed by atoms with Crippen LogP contribution in [0.15, 0.2) is 17.1 Å². The molecular formula is C12H13F3N2S. The third-order valence-electron chi connectivity index (χ3n) is 2.70. The molecule has 0 bridgehead atoms. The molecule has 0 aliphatic carbocycles. The van der Waals surface area contributed by atoms with E-state index in [1.54, 1.807) is 0 Å². The van der Waals surface area contributed by atoms with E-state index >= 15 is 0 Å². The second-order valence-corrected chi connectivity index (χ2v) is 5.09. The van der Waals surface area contributed by atoms with Crippen molar-refractivity contribution in [3.8, 4) is 0 Å². The number of nitrogens with one attached hydrogen (secondary N) is 1. The zero-order chi connectivity index (χ0) is 13.1. The van der Waals surface area contributed by atoms with Crippen LogP contribution in [0, 0.1) is 17.5 Å². The largest absolute Gasteiger partial charge is 0.330 e. The van der Waals surface area contributed by atoms with Crippen LogP contribution in [0.5, 0.6) is 0 Å². The van der Waals surface area contributed by atoms with Gasteiger partial charge in [0.05, 0.1) is 6.04 Å². The monoisotopic (exact) mass is 274 g/mol. The molecule has 0 saturated carbocycles. The predicted molar refractivity (Wildman–Crippen MR) is 68.5 cm³/mol. The number of benzene rings is 1. The summed E-state index contributed by atoms with van der Waals surface area (Å²) < 4.78 is 39.6. The van der Waals surface area contributed by atoms with Crippen molar-refractivity contribution in [2.24, 2.45) is 4.99 Å². The molecule has 1 aromatic carbocycles. The van der Waals surface area contributed by atoms with Gasteiger partial charge in [0.25, 0.3) is 0 Å². The normalized spacial score (nSPS) is 19.6. The van der Waals surface area contributed by atoms with Gasteiger partial charge in [-0.2, -0.15) is 0 Å². The quantitative estimate of drug-likeness (QED) is 0.887. The Balaban J connectivity index is 2.21. The lowest BCUT2D eigenvalue weighted by Crippen LogP contribution is -2.20. The summed E-state index contributed by atoms with van der Waals surface area (Å²) in [4.78, 5) is 4.34. The SMILES string of the molecule is CCC1CCSC(Nc2c(F)cc(F)cc2F)=N1. The van der Waals surface area contributed by atoms with Crippen molar-refractivity contribution in [1.29, 1.82) is 0 Å². The van der Waals surface area contributed by atoms with Gasteiger partial charge in [0.15, 0.2) is 16.8 Å². The van der Waals surface area contributed by atoms with Crippen molar-refractivity contribution < 1.29 is 13.2 Å². The molecule has 1 aromatic rings. The molecule has 98 valence electrons. The first-order valence-corrected chi connectivity index (χ1v) is 6.71. The van der Waals surface area contributed by atoms with Crippen molar-refractivity contribution in [3.63, 3.8) is 0 Å². The first-order chi connectivity index (χ1) is 8.60. The molecule has 1 N–H and O–H groups in total. The van der Waals surface area contributed by atoms with Gasteiger partial charge in [-0.3, -0.25) is 4.99 Å². The Morgan fingerprint density at radius 3 is 2.61 bits per heavy atom. The maximum Gasteiger partial charge on any atom is 0.161 e. The van der Waals surface area contributed by atoms with Gasteiger partial charge in [0.1, 0.15) is 11.5 Å². The highest BCUT2D eigenvalue weighted by atomic mass is 32.2. The van der Waals surface area contributed by atoms with Crippen LogP contribution in [0.1, 0.15) is 19.8 Å². The average molecular weight is 274 g/mol. The summed E-state index contributed by atoms with van der Waals surface area (Å²) in [5, 5.41) is 3.09. The van der Waals surface area contributed by atoms with Crippen molar-refractivity contribution in [1.82, 2.24) is 0 Å². The number of aliphatic imine (C=N–C) groups is 1. The molecule has 0 saturated heterocycles. The van der Waals surface area contributed by atoms with E-state index in [0.717, 1.165) is 18.6 Å². The number of hydrogen-bond donors (Lipinski definition) is 1. The predicted octanol–water partition coefficient (Wildman–Crippen LogP) is 3.79. The van der Waals surface area contributed by atoms with Crippen LogP contribution < -0.4 is 5.32 Å². The lowest BCUT2D eigenvalue weighted by molar-refractivity contribution is 0.549. The van der Waals surface area contributed by atoms with Gasteiger partial charge in [-0.25, -0.2) is 13.2 Å². The number of anilines is 1. The minimum absolute atomic E-state index is 0.181. The van der Waals surface area contributed by atoms with Gasteiger partial charge in [-0.1, -0.05) is 18.7 Å². The van der Waals surface area contributed by atoms with E-state index in [-0.39, 0.29) is 11.7 Å². The summed E-state index contributed by atoms with van der Waals surface area (Å²) in [6.07, 6.45) is 1.85. The smallest absolute Gasteiger partial charge is 0.161 e. The number of amidine groups is 1. The molecule has 1 aliphatic rings. The molecule has 6 heteroatoms. The lowest BCUT2D eigenvalue weighted by atomic mass is 10.2. The molecule has 1 heterocycles. The van der Waals surface area contributed by atoms with Crippen LogP contribution in [0.3, 0.4) is 0 Å². The second-order valence-electron chi connectivity index (χ2n) is 4.00. The number of rotatable bonds is 2. The van der Waals surface area contributed by atoms with E-state index in [0.29, 0.717) is 17.3 Å². The topological polar surface area (TPSA) is 24.4 Å². The number of halogens is 3. The minimum Gasteiger partial charge on any atom is -0.330 e. The van der Waals surface area contributed by atoms with E-state index in [2.05, 4.69) is 10.3 Å². The van der Waals surface area contributed by atoms with Crippen LogP contribution in [-0.4, -0.2) is 17.0 Å². The lowest BCUT2D eigenvalue weighted by Gasteiger charge is -2.19. The maximum absolute atomic E-state index is 13.4. The third kappa shape index (κ3) is 2.98. The summed E-state index contributed by atoms with van der Waals surface area (Å²) in [6.45, 7) is 2.01. The molecule has 1 atom stereocenters. The molecule has 2 rings (SSSR count). The molecule has 0 fully saturated rings. The summed E-state index contributed by atoms with van der Waals surface area (Å²) >= 11 is 1.41. The van der Waals surface area contributed by atoms with Gasteiger partial charge < -0.3 is 5.32 Å². The Labute approximate surface area is 108 Å². The Bertz CT molecular complexity index is 453. The van der Waals surface area contributed by atoms with Crippen LogP contribution in [-0.2, 0) is 0 Å². The summed E-state index contributed by atoms with van der Waals surface area (Å²) in [6, 6.07) is 1.48. The zero-order valence-electron chi connectivity index (χ0n) is 9.84. The molecule has 0 radical (unpaired) electrons. The number of nitrogens with zero attached hydrogens (tertiary/aromatic N) is 1. The third-order valence-corrected chi connectivity index (χ3v) is 3.62. The Morgan fingerprint density at radius 2 is 2.00 bits per heavy atom. The van der Waals surface area contributed by atoms with Gasteiger partial charge in [0, 0.05) is 17.9 Å². The van der Waals surface area contributed by atoms with Crippen LogP contribution in [0.25, 0.3) is 0 Å². The highest BCUT2D eigenvalue weighted by Crippen LogP contribution is 2.25. The molecule has 18 heavy (non-hydrogen) atoms. The van der Waals surface area contributed by atoms with E-state index in [9.17, 15) is 13.2 Å². The first kappa shape index (κ1) is 13.3. The Kier molecular flexibility index (Phi) is 4.16. The van der Waals surface area contributed by atoms with Gasteiger partial charge in [0.2, 0.25) is 0 Å². The minimum atomic E-state index is -0.950. The van der Waals surface area contributed by atoms with E-state index in [1.165, 1.54) is 11.8 Å². The average Bonchev–Trinajstić information content (AvgIpc) is 2.34. The summed E-state index contributed by atoms with van der Waals surface area (Å²) in [5.74, 6) is -1.97. The molecule has 1 unspecified atom stereocenters. The molecule has 0 amide bonds. The highest BCUT2D eigenvalue weighted by molar-refractivity contribution is 8.14. The highest BCUT2D eigenvalue weighted by Gasteiger charge is 2.18. The van der Waals surface area contributed by atoms with E-state index < -0.39 is 17.5 Å². The van der Waals surface area contributed by atoms with Crippen molar-refractivity contribution in [3.05, 3.63) is 29.6 Å². The maximum atomic E-state index is 13.4. The standard InChI is InChI=1S/C12H13F3N2S/c1-2-8-3-4-18-12(16-8)17-11-9(14)5-7(13)6-10(11)15/h5-6,8H,2-4H2,1H3,(H,16,17). The van der Waals surface area contributed by atoms with Crippen molar-refractivity contribution in [2.75, 3.05) is 11.1 Å². The zero-order valence-corrected chi connectivity index (χ0v) is 10.7. The van der Waals surface area contributed by atoms with Crippen molar-refractivity contribution in [2.45, 2.75) is 25.8 Å². The summed E-state index contributed by atoms with van der Waals surface area (Å²) in [7, 11) is 0. The first-order valence-electron chi connectivity index (χ1n) is 5.72. The molecule has 1 aliphatic heterocycles. The number of hydrogen-bond acceptors (Lipinski definition) is 3. The van der Waals surface area contributed by atoms with Crippen molar-refractivity contribution >= 4 is 22.6 Å². The molecular weight excluding hydrogens is 261 g/mol. The Morgan fingerprint density at radius 1 is 1.33 bits per heavy atom. The second kappa shape index (κ2) is 5.65. The van der Waals surface area contributed by atoms with Gasteiger partial charge in [-0.15, -0.1) is 0 Å². The van der Waals surface area contributed by atoms with Gasteiger partial charge >= 0.3 is 0 Å². The van der Waals surface area contributed by atoms with Gasteiger partial charge in [-0.05, 0) is 12.8 Å². The van der Waals surface area contributed by atoms with Crippen LogP contribution >= 0.6 is 11.8 Å². The fraction of sp³-hybridized carbons (Fsp3) is 0.417. The Hall–Kier alpha value is -1.17. The fourth-order valence-electron chi connectivity index (χ4n) is 1.69. The molecule has 0 aromatic heterocycles.